The third-order valence-corrected chi connectivity index (χ3v) is 1.46. The van der Waals surface area contributed by atoms with Crippen molar-refractivity contribution in [1.29, 1.82) is 0 Å². The van der Waals surface area contributed by atoms with E-state index in [1.165, 1.54) is 6.26 Å². The molecule has 0 radical (unpaired) electrons. The molecule has 0 aliphatic rings. The van der Waals surface area contributed by atoms with E-state index in [9.17, 15) is 0 Å². The van der Waals surface area contributed by atoms with E-state index in [4.69, 9.17) is 4.42 Å². The van der Waals surface area contributed by atoms with Gasteiger partial charge in [-0.15, -0.1) is 0 Å². The SMILES string of the molecule is c1ccc(Nc2ncco2)cc1. The molecular weight excluding hydrogens is 152 g/mol. The first-order chi connectivity index (χ1) is 5.95. The molecule has 0 unspecified atom stereocenters. The number of nitrogens with zero attached hydrogens (tertiary/aromatic N) is 1. The molecule has 0 fully saturated rings. The third kappa shape index (κ3) is 1.45. The Kier molecular flexibility index (Phi) is 1.78. The average Bonchev–Trinajstić information content (AvgIpc) is 2.59. The van der Waals surface area contributed by atoms with Crippen LogP contribution in [0.1, 0.15) is 0 Å². The van der Waals surface area contributed by atoms with Crippen LogP contribution < -0.4 is 5.32 Å². The number of benzene rings is 1. The minimum absolute atomic E-state index is 0.515. The highest BCUT2D eigenvalue weighted by Gasteiger charge is 1.94. The first-order valence-electron chi connectivity index (χ1n) is 3.67. The van der Waals surface area contributed by atoms with Gasteiger partial charge >= 0.3 is 0 Å². The van der Waals surface area contributed by atoms with Crippen molar-refractivity contribution in [3.05, 3.63) is 42.8 Å². The van der Waals surface area contributed by atoms with Crippen LogP contribution in [0.25, 0.3) is 0 Å². The number of rotatable bonds is 2. The zero-order valence-electron chi connectivity index (χ0n) is 6.40. The fourth-order valence-electron chi connectivity index (χ4n) is 0.930. The molecule has 2 aromatic rings. The summed E-state index contributed by atoms with van der Waals surface area (Å²) in [7, 11) is 0. The molecule has 0 aliphatic carbocycles. The van der Waals surface area contributed by atoms with E-state index < -0.39 is 0 Å². The third-order valence-electron chi connectivity index (χ3n) is 1.46. The molecule has 0 aliphatic heterocycles. The highest BCUT2D eigenvalue weighted by atomic mass is 16.4. The summed E-state index contributed by atoms with van der Waals surface area (Å²) in [5.74, 6) is 0. The van der Waals surface area contributed by atoms with E-state index in [-0.39, 0.29) is 0 Å². The molecule has 1 N–H and O–H groups in total. The lowest BCUT2D eigenvalue weighted by molar-refractivity contribution is 0.578. The maximum atomic E-state index is 5.02. The number of anilines is 2. The van der Waals surface area contributed by atoms with Crippen molar-refractivity contribution in [2.75, 3.05) is 5.32 Å². The second-order valence-electron chi connectivity index (χ2n) is 2.33. The Morgan fingerprint density at radius 3 is 2.67 bits per heavy atom. The summed E-state index contributed by atoms with van der Waals surface area (Å²) in [5.41, 5.74) is 0.972. The smallest absolute Gasteiger partial charge is 0.299 e. The van der Waals surface area contributed by atoms with Crippen LogP contribution in [0.15, 0.2) is 47.2 Å². The summed E-state index contributed by atoms with van der Waals surface area (Å²) in [6.07, 6.45) is 3.14. The van der Waals surface area contributed by atoms with Gasteiger partial charge in [-0.1, -0.05) is 18.2 Å². The summed E-state index contributed by atoms with van der Waals surface area (Å²) >= 11 is 0. The van der Waals surface area contributed by atoms with Crippen molar-refractivity contribution in [3.8, 4) is 0 Å². The number of nitrogens with one attached hydrogen (secondary N) is 1. The molecule has 2 rings (SSSR count). The van der Waals surface area contributed by atoms with Crippen molar-refractivity contribution in [3.63, 3.8) is 0 Å². The lowest BCUT2D eigenvalue weighted by atomic mass is 10.3. The Labute approximate surface area is 70.1 Å². The van der Waals surface area contributed by atoms with Crippen LogP contribution in [0.5, 0.6) is 0 Å². The van der Waals surface area contributed by atoms with Crippen LogP contribution >= 0.6 is 0 Å². The second kappa shape index (κ2) is 3.09. The van der Waals surface area contributed by atoms with Gasteiger partial charge in [0.2, 0.25) is 0 Å². The number of oxazole rings is 1. The zero-order chi connectivity index (χ0) is 8.23. The summed E-state index contributed by atoms with van der Waals surface area (Å²) < 4.78 is 5.02. The first kappa shape index (κ1) is 6.91. The normalized spacial score (nSPS) is 9.67. The fraction of sp³-hybridized carbons (Fsp3) is 0. The molecule has 1 aromatic heterocycles. The van der Waals surface area contributed by atoms with Crippen LogP contribution in [-0.2, 0) is 0 Å². The van der Waals surface area contributed by atoms with Gasteiger partial charge in [-0.25, -0.2) is 4.98 Å². The van der Waals surface area contributed by atoms with Crippen LogP contribution in [0.4, 0.5) is 11.7 Å². The van der Waals surface area contributed by atoms with Gasteiger partial charge in [0, 0.05) is 5.69 Å². The topological polar surface area (TPSA) is 38.1 Å². The predicted molar refractivity (Wildman–Crippen MR) is 46.2 cm³/mol. The Bertz CT molecular complexity index is 329. The lowest BCUT2D eigenvalue weighted by Crippen LogP contribution is -1.88. The van der Waals surface area contributed by atoms with E-state index >= 15 is 0 Å². The zero-order valence-corrected chi connectivity index (χ0v) is 6.40. The van der Waals surface area contributed by atoms with E-state index in [0.29, 0.717) is 6.01 Å². The highest BCUT2D eigenvalue weighted by Crippen LogP contribution is 2.12. The van der Waals surface area contributed by atoms with Crippen LogP contribution in [0, 0.1) is 0 Å². The molecule has 0 amide bonds. The maximum Gasteiger partial charge on any atom is 0.299 e. The molecule has 0 bridgehead atoms. The largest absolute Gasteiger partial charge is 0.432 e. The van der Waals surface area contributed by atoms with Gasteiger partial charge in [0.05, 0.1) is 6.20 Å². The summed E-state index contributed by atoms with van der Waals surface area (Å²) in [6.45, 7) is 0. The summed E-state index contributed by atoms with van der Waals surface area (Å²) in [5, 5.41) is 3.01. The minimum atomic E-state index is 0.515. The Morgan fingerprint density at radius 1 is 1.17 bits per heavy atom. The van der Waals surface area contributed by atoms with Crippen molar-refractivity contribution in [2.24, 2.45) is 0 Å². The second-order valence-corrected chi connectivity index (χ2v) is 2.33. The summed E-state index contributed by atoms with van der Waals surface area (Å²) in [4.78, 5) is 3.93. The van der Waals surface area contributed by atoms with Gasteiger partial charge in [0.15, 0.2) is 0 Å². The molecule has 3 nitrogen and oxygen atoms in total. The molecule has 1 heterocycles. The van der Waals surface area contributed by atoms with Crippen LogP contribution in [-0.4, -0.2) is 4.98 Å². The molecule has 0 atom stereocenters. The molecule has 3 heteroatoms. The monoisotopic (exact) mass is 160 g/mol. The maximum absolute atomic E-state index is 5.02. The molecule has 12 heavy (non-hydrogen) atoms. The van der Waals surface area contributed by atoms with Gasteiger partial charge in [-0.3, -0.25) is 0 Å². The summed E-state index contributed by atoms with van der Waals surface area (Å²) in [6, 6.07) is 10.3. The van der Waals surface area contributed by atoms with Gasteiger partial charge < -0.3 is 9.73 Å². The van der Waals surface area contributed by atoms with E-state index in [1.807, 2.05) is 30.3 Å². The molecule has 1 aromatic carbocycles. The fourth-order valence-corrected chi connectivity index (χ4v) is 0.930. The van der Waals surface area contributed by atoms with Gasteiger partial charge in [-0.05, 0) is 12.1 Å². The van der Waals surface area contributed by atoms with Crippen molar-refractivity contribution in [1.82, 2.24) is 4.98 Å². The predicted octanol–water partition coefficient (Wildman–Crippen LogP) is 2.42. The molecule has 0 saturated carbocycles. The van der Waals surface area contributed by atoms with E-state index in [1.54, 1.807) is 6.20 Å². The van der Waals surface area contributed by atoms with E-state index in [0.717, 1.165) is 5.69 Å². The lowest BCUT2D eigenvalue weighted by Gasteiger charge is -1.98. The van der Waals surface area contributed by atoms with Crippen molar-refractivity contribution in [2.45, 2.75) is 0 Å². The van der Waals surface area contributed by atoms with Gasteiger partial charge in [-0.2, -0.15) is 0 Å². The molecule has 0 spiro atoms. The van der Waals surface area contributed by atoms with Gasteiger partial charge in [0.1, 0.15) is 6.26 Å². The van der Waals surface area contributed by atoms with Crippen LogP contribution in [0.3, 0.4) is 0 Å². The molecular formula is C9H8N2O. The van der Waals surface area contributed by atoms with Crippen LogP contribution in [0.2, 0.25) is 0 Å². The molecule has 0 saturated heterocycles. The minimum Gasteiger partial charge on any atom is -0.432 e. The Hall–Kier alpha value is -1.77. The number of para-hydroxylation sites is 1. The standard InChI is InChI=1S/C9H8N2O/c1-2-4-8(5-3-1)11-9-10-6-7-12-9/h1-7H,(H,10,11). The van der Waals surface area contributed by atoms with Crippen molar-refractivity contribution < 1.29 is 4.42 Å². The number of hydrogen-bond acceptors (Lipinski definition) is 3. The Balaban J connectivity index is 2.15. The quantitative estimate of drug-likeness (QED) is 0.733. The Morgan fingerprint density at radius 2 is 2.00 bits per heavy atom. The molecule has 60 valence electrons. The van der Waals surface area contributed by atoms with Gasteiger partial charge in [0.25, 0.3) is 6.01 Å². The first-order valence-corrected chi connectivity index (χ1v) is 3.67. The van der Waals surface area contributed by atoms with Crippen molar-refractivity contribution >= 4 is 11.7 Å². The highest BCUT2D eigenvalue weighted by molar-refractivity contribution is 5.51. The average molecular weight is 160 g/mol. The van der Waals surface area contributed by atoms with E-state index in [2.05, 4.69) is 10.3 Å². The number of aromatic nitrogens is 1. The number of hydrogen-bond donors (Lipinski definition) is 1.